The third-order valence-electron chi connectivity index (χ3n) is 3.69. The van der Waals surface area contributed by atoms with E-state index in [1.54, 1.807) is 25.8 Å². The van der Waals surface area contributed by atoms with Crippen LogP contribution in [0.5, 0.6) is 0 Å². The molecule has 148 valence electrons. The number of amides is 1. The first-order valence-corrected chi connectivity index (χ1v) is 7.93. The molecule has 0 heterocycles. The zero-order valence-corrected chi connectivity index (χ0v) is 17.7. The van der Waals surface area contributed by atoms with Gasteiger partial charge in [-0.1, -0.05) is 12.1 Å². The molecule has 0 saturated carbocycles. The van der Waals surface area contributed by atoms with Gasteiger partial charge < -0.3 is 16.0 Å². The molecule has 0 aliphatic rings. The van der Waals surface area contributed by atoms with Crippen LogP contribution in [0.2, 0.25) is 0 Å². The summed E-state index contributed by atoms with van der Waals surface area (Å²) in [5, 5.41) is 3.09. The number of carbonyl (C=O) groups is 1. The highest BCUT2D eigenvalue weighted by Crippen LogP contribution is 2.29. The van der Waals surface area contributed by atoms with Gasteiger partial charge in [0.05, 0.1) is 17.5 Å². The summed E-state index contributed by atoms with van der Waals surface area (Å²) in [5.74, 6) is 0.106. The molecule has 0 aliphatic carbocycles. The number of primary amides is 1. The quantitative estimate of drug-likeness (QED) is 0.369. The van der Waals surface area contributed by atoms with Crippen molar-refractivity contribution < 1.29 is 18.0 Å². The average molecular weight is 486 g/mol. The van der Waals surface area contributed by atoms with Crippen LogP contribution in [0.25, 0.3) is 0 Å². The molecule has 1 aromatic rings. The van der Waals surface area contributed by atoms with E-state index in [0.717, 1.165) is 17.7 Å². The summed E-state index contributed by atoms with van der Waals surface area (Å²) in [7, 11) is 1.77. The van der Waals surface area contributed by atoms with Crippen LogP contribution in [-0.2, 0) is 17.5 Å². The summed E-state index contributed by atoms with van der Waals surface area (Å²) in [6.07, 6.45) is -4.35. The highest BCUT2D eigenvalue weighted by molar-refractivity contribution is 14.0. The minimum absolute atomic E-state index is 0. The van der Waals surface area contributed by atoms with Gasteiger partial charge in [0.15, 0.2) is 5.96 Å². The molecule has 0 bridgehead atoms. The van der Waals surface area contributed by atoms with Crippen molar-refractivity contribution in [2.75, 3.05) is 20.1 Å². The van der Waals surface area contributed by atoms with Crippen LogP contribution in [-0.4, -0.2) is 36.9 Å². The number of hydrogen-bond acceptors (Lipinski definition) is 2. The SMILES string of the molecule is CCNC(=NCC(C)(C)C(N)=O)N(C)Cc1ccc(C(F)(F)F)cc1.I. The number of benzene rings is 1. The summed E-state index contributed by atoms with van der Waals surface area (Å²) in [5.41, 5.74) is 4.60. The molecule has 3 N–H and O–H groups in total. The maximum Gasteiger partial charge on any atom is 0.416 e. The van der Waals surface area contributed by atoms with Crippen molar-refractivity contribution in [3.8, 4) is 0 Å². The second kappa shape index (κ2) is 9.98. The molecular weight excluding hydrogens is 460 g/mol. The molecule has 0 atom stereocenters. The summed E-state index contributed by atoms with van der Waals surface area (Å²) in [6, 6.07) is 5.00. The van der Waals surface area contributed by atoms with E-state index >= 15 is 0 Å². The Kier molecular flexibility index (Phi) is 9.40. The molecule has 0 spiro atoms. The number of nitrogens with one attached hydrogen (secondary N) is 1. The number of nitrogens with two attached hydrogens (primary N) is 1. The minimum atomic E-state index is -4.35. The van der Waals surface area contributed by atoms with E-state index in [9.17, 15) is 18.0 Å². The molecular formula is C17H26F3IN4O. The van der Waals surface area contributed by atoms with Gasteiger partial charge in [-0.05, 0) is 38.5 Å². The van der Waals surface area contributed by atoms with Crippen LogP contribution < -0.4 is 11.1 Å². The minimum Gasteiger partial charge on any atom is -0.369 e. The van der Waals surface area contributed by atoms with Gasteiger partial charge in [-0.15, -0.1) is 24.0 Å². The normalized spacial score (nSPS) is 12.3. The summed E-state index contributed by atoms with van der Waals surface area (Å²) in [4.78, 5) is 17.6. The lowest BCUT2D eigenvalue weighted by Crippen LogP contribution is -2.40. The van der Waals surface area contributed by atoms with E-state index < -0.39 is 23.1 Å². The largest absolute Gasteiger partial charge is 0.416 e. The van der Waals surface area contributed by atoms with E-state index in [1.165, 1.54) is 12.1 Å². The highest BCUT2D eigenvalue weighted by Gasteiger charge is 2.30. The predicted octanol–water partition coefficient (Wildman–Crippen LogP) is 3.23. The Morgan fingerprint density at radius 1 is 1.23 bits per heavy atom. The molecule has 1 amide bonds. The summed E-state index contributed by atoms with van der Waals surface area (Å²) < 4.78 is 37.8. The molecule has 0 unspecified atom stereocenters. The van der Waals surface area contributed by atoms with Crippen LogP contribution in [0.4, 0.5) is 13.2 Å². The van der Waals surface area contributed by atoms with Gasteiger partial charge >= 0.3 is 6.18 Å². The van der Waals surface area contributed by atoms with E-state index in [4.69, 9.17) is 5.73 Å². The predicted molar refractivity (Wildman–Crippen MR) is 107 cm³/mol. The van der Waals surface area contributed by atoms with Gasteiger partial charge in [0.1, 0.15) is 0 Å². The Balaban J connectivity index is 0.00000625. The third kappa shape index (κ3) is 7.38. The number of carbonyl (C=O) groups excluding carboxylic acids is 1. The van der Waals surface area contributed by atoms with Gasteiger partial charge in [-0.2, -0.15) is 13.2 Å². The fourth-order valence-electron chi connectivity index (χ4n) is 1.97. The lowest BCUT2D eigenvalue weighted by Gasteiger charge is -2.24. The lowest BCUT2D eigenvalue weighted by molar-refractivity contribution is -0.137. The molecule has 1 rings (SSSR count). The Morgan fingerprint density at radius 3 is 2.19 bits per heavy atom. The molecule has 0 radical (unpaired) electrons. The standard InChI is InChI=1S/C17H25F3N4O.HI/c1-5-22-15(23-11-16(2,3)14(21)25)24(4)10-12-6-8-13(9-7-12)17(18,19)20;/h6-9H,5,10-11H2,1-4H3,(H2,21,25)(H,22,23);1H. The number of guanidine groups is 1. The first kappa shape index (κ1) is 24.5. The fourth-order valence-corrected chi connectivity index (χ4v) is 1.97. The van der Waals surface area contributed by atoms with Crippen LogP contribution in [0.15, 0.2) is 29.3 Å². The van der Waals surface area contributed by atoms with E-state index in [0.29, 0.717) is 19.0 Å². The second-order valence-electron chi connectivity index (χ2n) is 6.47. The number of halogens is 4. The molecule has 5 nitrogen and oxygen atoms in total. The first-order chi connectivity index (χ1) is 11.5. The van der Waals surface area contributed by atoms with E-state index in [-0.39, 0.29) is 30.5 Å². The Morgan fingerprint density at radius 2 is 1.77 bits per heavy atom. The average Bonchev–Trinajstić information content (AvgIpc) is 2.50. The van der Waals surface area contributed by atoms with Crippen molar-refractivity contribution in [1.82, 2.24) is 10.2 Å². The zero-order chi connectivity index (χ0) is 19.3. The van der Waals surface area contributed by atoms with Crippen molar-refractivity contribution in [1.29, 1.82) is 0 Å². The monoisotopic (exact) mass is 486 g/mol. The summed E-state index contributed by atoms with van der Waals surface area (Å²) >= 11 is 0. The highest BCUT2D eigenvalue weighted by atomic mass is 127. The van der Waals surface area contributed by atoms with Crippen molar-refractivity contribution in [3.05, 3.63) is 35.4 Å². The third-order valence-corrected chi connectivity index (χ3v) is 3.69. The molecule has 0 aromatic heterocycles. The second-order valence-corrected chi connectivity index (χ2v) is 6.47. The Bertz CT molecular complexity index is 615. The van der Waals surface area contributed by atoms with Crippen molar-refractivity contribution in [3.63, 3.8) is 0 Å². The number of aliphatic imine (C=N–C) groups is 1. The van der Waals surface area contributed by atoms with Gasteiger partial charge in [0, 0.05) is 20.1 Å². The van der Waals surface area contributed by atoms with Crippen LogP contribution in [0, 0.1) is 5.41 Å². The van der Waals surface area contributed by atoms with Gasteiger partial charge in [0.2, 0.25) is 5.91 Å². The first-order valence-electron chi connectivity index (χ1n) is 7.93. The molecule has 26 heavy (non-hydrogen) atoms. The fraction of sp³-hybridized carbons (Fsp3) is 0.529. The van der Waals surface area contributed by atoms with E-state index in [1.807, 2.05) is 6.92 Å². The molecule has 0 saturated heterocycles. The number of rotatable bonds is 6. The molecule has 0 aliphatic heterocycles. The number of alkyl halides is 3. The van der Waals surface area contributed by atoms with Crippen molar-refractivity contribution >= 4 is 35.8 Å². The molecule has 0 fully saturated rings. The van der Waals surface area contributed by atoms with Crippen LogP contribution in [0.3, 0.4) is 0 Å². The number of nitrogens with zero attached hydrogens (tertiary/aromatic N) is 2. The van der Waals surface area contributed by atoms with E-state index in [2.05, 4.69) is 10.3 Å². The number of hydrogen-bond donors (Lipinski definition) is 2. The van der Waals surface area contributed by atoms with Crippen LogP contribution >= 0.6 is 24.0 Å². The Hall–Kier alpha value is -1.52. The van der Waals surface area contributed by atoms with Crippen LogP contribution in [0.1, 0.15) is 31.9 Å². The topological polar surface area (TPSA) is 70.7 Å². The van der Waals surface area contributed by atoms with Crippen molar-refractivity contribution in [2.45, 2.75) is 33.5 Å². The van der Waals surface area contributed by atoms with Crippen molar-refractivity contribution in [2.24, 2.45) is 16.1 Å². The molecule has 9 heteroatoms. The van der Waals surface area contributed by atoms with Gasteiger partial charge in [-0.25, -0.2) is 0 Å². The van der Waals surface area contributed by atoms with Gasteiger partial charge in [0.25, 0.3) is 0 Å². The Labute approximate surface area is 169 Å². The maximum absolute atomic E-state index is 12.6. The zero-order valence-electron chi connectivity index (χ0n) is 15.4. The van der Waals surface area contributed by atoms with Gasteiger partial charge in [-0.3, -0.25) is 9.79 Å². The molecule has 1 aromatic carbocycles. The smallest absolute Gasteiger partial charge is 0.369 e. The summed E-state index contributed by atoms with van der Waals surface area (Å²) in [6.45, 7) is 6.52. The maximum atomic E-state index is 12.6. The lowest BCUT2D eigenvalue weighted by atomic mass is 9.93.